The summed E-state index contributed by atoms with van der Waals surface area (Å²) < 4.78 is 0. The van der Waals surface area contributed by atoms with Crippen LogP contribution < -0.4 is 5.73 Å². The van der Waals surface area contributed by atoms with E-state index in [1.54, 1.807) is 0 Å². The van der Waals surface area contributed by atoms with E-state index in [-0.39, 0.29) is 5.78 Å². The predicted molar refractivity (Wildman–Crippen MR) is 33.1 cm³/mol. The van der Waals surface area contributed by atoms with Crippen LogP contribution in [0.1, 0.15) is 6.92 Å². The Labute approximate surface area is 48.7 Å². The van der Waals surface area contributed by atoms with Gasteiger partial charge in [0, 0.05) is 11.8 Å². The molecular weight excluding hydrogens is 102 g/mol. The summed E-state index contributed by atoms with van der Waals surface area (Å²) in [6.07, 6.45) is 2.76. The highest BCUT2D eigenvalue weighted by Gasteiger charge is 1.83. The molecule has 0 aromatic heterocycles. The van der Waals surface area contributed by atoms with Crippen molar-refractivity contribution in [2.24, 2.45) is 5.73 Å². The number of rotatable bonds is 2. The van der Waals surface area contributed by atoms with Gasteiger partial charge >= 0.3 is 0 Å². The number of nitrogens with two attached hydrogens (primary N) is 1. The Morgan fingerprint density at radius 1 is 1.75 bits per heavy atom. The maximum absolute atomic E-state index is 10.2. The Balaban J connectivity index is 3.94. The van der Waals surface area contributed by atoms with E-state index in [9.17, 15) is 4.79 Å². The van der Waals surface area contributed by atoms with Gasteiger partial charge in [-0.1, -0.05) is 6.58 Å². The Bertz CT molecular complexity index is 135. The zero-order chi connectivity index (χ0) is 6.57. The van der Waals surface area contributed by atoms with Crippen LogP contribution in [-0.2, 0) is 4.79 Å². The Morgan fingerprint density at radius 2 is 2.25 bits per heavy atom. The maximum atomic E-state index is 10.2. The second-order valence-corrected chi connectivity index (χ2v) is 1.46. The van der Waals surface area contributed by atoms with Crippen LogP contribution in [0.4, 0.5) is 0 Å². The first-order chi connectivity index (χ1) is 3.66. The molecule has 0 spiro atoms. The zero-order valence-electron chi connectivity index (χ0n) is 4.85. The van der Waals surface area contributed by atoms with Crippen molar-refractivity contribution in [1.82, 2.24) is 0 Å². The van der Waals surface area contributed by atoms with Gasteiger partial charge in [0.2, 0.25) is 0 Å². The van der Waals surface area contributed by atoms with Crippen LogP contribution in [0.15, 0.2) is 24.4 Å². The summed E-state index contributed by atoms with van der Waals surface area (Å²) in [7, 11) is 0. The molecular formula is C6H9NO. The fourth-order valence-corrected chi connectivity index (χ4v) is 0.294. The summed E-state index contributed by atoms with van der Waals surface area (Å²) in [5.41, 5.74) is 5.61. The third-order valence-corrected chi connectivity index (χ3v) is 0.606. The van der Waals surface area contributed by atoms with Crippen molar-refractivity contribution in [3.8, 4) is 0 Å². The predicted octanol–water partition coefficient (Wildman–Crippen LogP) is 0.604. The van der Waals surface area contributed by atoms with Crippen molar-refractivity contribution >= 4 is 5.78 Å². The lowest BCUT2D eigenvalue weighted by Gasteiger charge is -1.84. The summed E-state index contributed by atoms with van der Waals surface area (Å²) in [6, 6.07) is 0. The average Bonchev–Trinajstić information content (AvgIpc) is 1.65. The molecule has 0 aliphatic heterocycles. The van der Waals surface area contributed by atoms with Crippen molar-refractivity contribution in [2.45, 2.75) is 6.92 Å². The van der Waals surface area contributed by atoms with Gasteiger partial charge in [-0.15, -0.1) is 0 Å². The molecule has 0 atom stereocenters. The molecule has 0 heterocycles. The first-order valence-electron chi connectivity index (χ1n) is 2.27. The SMILES string of the molecule is C=C/C(N)=C\C(C)=O. The van der Waals surface area contributed by atoms with Gasteiger partial charge in [-0.3, -0.25) is 4.79 Å². The molecule has 0 fully saturated rings. The highest BCUT2D eigenvalue weighted by Crippen LogP contribution is 1.82. The van der Waals surface area contributed by atoms with Gasteiger partial charge in [-0.25, -0.2) is 0 Å². The van der Waals surface area contributed by atoms with Crippen molar-refractivity contribution in [1.29, 1.82) is 0 Å². The fourth-order valence-electron chi connectivity index (χ4n) is 0.294. The van der Waals surface area contributed by atoms with Crippen LogP contribution in [0, 0.1) is 0 Å². The number of carbonyl (C=O) groups excluding carboxylic acids is 1. The van der Waals surface area contributed by atoms with E-state index in [4.69, 9.17) is 5.73 Å². The van der Waals surface area contributed by atoms with Crippen molar-refractivity contribution in [3.05, 3.63) is 24.4 Å². The molecule has 0 aliphatic rings. The van der Waals surface area contributed by atoms with E-state index in [0.29, 0.717) is 5.70 Å². The number of ketones is 1. The van der Waals surface area contributed by atoms with Gasteiger partial charge in [0.25, 0.3) is 0 Å². The molecule has 0 aromatic carbocycles. The van der Waals surface area contributed by atoms with Gasteiger partial charge in [-0.2, -0.15) is 0 Å². The number of hydrogen-bond donors (Lipinski definition) is 1. The number of carbonyl (C=O) groups is 1. The quantitative estimate of drug-likeness (QED) is 0.419. The molecule has 0 unspecified atom stereocenters. The van der Waals surface area contributed by atoms with Crippen molar-refractivity contribution in [2.75, 3.05) is 0 Å². The third-order valence-electron chi connectivity index (χ3n) is 0.606. The second-order valence-electron chi connectivity index (χ2n) is 1.46. The number of hydrogen-bond acceptors (Lipinski definition) is 2. The lowest BCUT2D eigenvalue weighted by Crippen LogP contribution is -1.95. The molecule has 0 bridgehead atoms. The summed E-state index contributed by atoms with van der Waals surface area (Å²) in [4.78, 5) is 10.2. The topological polar surface area (TPSA) is 43.1 Å². The maximum Gasteiger partial charge on any atom is 0.154 e. The van der Waals surface area contributed by atoms with Gasteiger partial charge in [0.15, 0.2) is 5.78 Å². The molecule has 0 saturated heterocycles. The minimum Gasteiger partial charge on any atom is -0.399 e. The standard InChI is InChI=1S/C6H9NO/c1-3-6(7)4-5(2)8/h3-4H,1,7H2,2H3/b6-4+. The Kier molecular flexibility index (Phi) is 2.62. The highest BCUT2D eigenvalue weighted by atomic mass is 16.1. The molecule has 0 aromatic rings. The van der Waals surface area contributed by atoms with Crippen molar-refractivity contribution in [3.63, 3.8) is 0 Å². The summed E-state index contributed by atoms with van der Waals surface area (Å²) in [5, 5.41) is 0. The third kappa shape index (κ3) is 3.15. The summed E-state index contributed by atoms with van der Waals surface area (Å²) in [6.45, 7) is 4.81. The monoisotopic (exact) mass is 111 g/mol. The van der Waals surface area contributed by atoms with Gasteiger partial charge in [0.1, 0.15) is 0 Å². The van der Waals surface area contributed by atoms with Crippen LogP contribution in [0.2, 0.25) is 0 Å². The highest BCUT2D eigenvalue weighted by molar-refractivity contribution is 5.88. The molecule has 2 N–H and O–H groups in total. The van der Waals surface area contributed by atoms with Crippen LogP contribution in [0.5, 0.6) is 0 Å². The van der Waals surface area contributed by atoms with Gasteiger partial charge < -0.3 is 5.73 Å². The van der Waals surface area contributed by atoms with Crippen LogP contribution in [0.3, 0.4) is 0 Å². The first-order valence-corrected chi connectivity index (χ1v) is 2.27. The zero-order valence-corrected chi connectivity index (χ0v) is 4.85. The molecule has 44 valence electrons. The smallest absolute Gasteiger partial charge is 0.154 e. The van der Waals surface area contributed by atoms with E-state index < -0.39 is 0 Å². The van der Waals surface area contributed by atoms with Gasteiger partial charge in [-0.05, 0) is 13.0 Å². The molecule has 0 saturated carbocycles. The van der Waals surface area contributed by atoms with Crippen LogP contribution in [0.25, 0.3) is 0 Å². The largest absolute Gasteiger partial charge is 0.399 e. The molecule has 2 nitrogen and oxygen atoms in total. The van der Waals surface area contributed by atoms with E-state index in [1.165, 1.54) is 19.1 Å². The molecule has 2 heteroatoms. The molecule has 0 radical (unpaired) electrons. The molecule has 0 aliphatic carbocycles. The molecule has 0 amide bonds. The lowest BCUT2D eigenvalue weighted by atomic mass is 10.3. The lowest BCUT2D eigenvalue weighted by molar-refractivity contribution is -0.112. The minimum atomic E-state index is -0.0533. The van der Waals surface area contributed by atoms with Crippen LogP contribution >= 0.6 is 0 Å². The van der Waals surface area contributed by atoms with E-state index in [0.717, 1.165) is 0 Å². The van der Waals surface area contributed by atoms with E-state index >= 15 is 0 Å². The second kappa shape index (κ2) is 3.02. The Morgan fingerprint density at radius 3 is 2.38 bits per heavy atom. The van der Waals surface area contributed by atoms with Crippen molar-refractivity contribution < 1.29 is 4.79 Å². The molecule has 8 heavy (non-hydrogen) atoms. The Hall–Kier alpha value is -1.05. The van der Waals surface area contributed by atoms with Gasteiger partial charge in [0.05, 0.1) is 0 Å². The summed E-state index contributed by atoms with van der Waals surface area (Å²) in [5.74, 6) is -0.0533. The normalized spacial score (nSPS) is 10.9. The number of allylic oxidation sites excluding steroid dienone is 2. The fraction of sp³-hybridized carbons (Fsp3) is 0.167. The van der Waals surface area contributed by atoms with E-state index in [2.05, 4.69) is 6.58 Å². The minimum absolute atomic E-state index is 0.0533. The summed E-state index contributed by atoms with van der Waals surface area (Å²) >= 11 is 0. The van der Waals surface area contributed by atoms with Crippen LogP contribution in [-0.4, -0.2) is 5.78 Å². The average molecular weight is 111 g/mol. The molecule has 0 rings (SSSR count). The van der Waals surface area contributed by atoms with E-state index in [1.807, 2.05) is 0 Å². The first kappa shape index (κ1) is 6.95.